The van der Waals surface area contributed by atoms with Gasteiger partial charge in [0.1, 0.15) is 0 Å². The maximum absolute atomic E-state index is 5.47. The largest absolute Gasteiger partial charge is 0.379 e. The number of benzene rings is 1. The molecule has 116 valence electrons. The zero-order valence-electron chi connectivity index (χ0n) is 12.7. The van der Waals surface area contributed by atoms with Crippen molar-refractivity contribution in [3.8, 4) is 0 Å². The van der Waals surface area contributed by atoms with E-state index in [1.165, 1.54) is 23.5 Å². The van der Waals surface area contributed by atoms with Crippen LogP contribution in [0, 0.1) is 0 Å². The van der Waals surface area contributed by atoms with Gasteiger partial charge in [0.15, 0.2) is 0 Å². The predicted molar refractivity (Wildman–Crippen MR) is 90.1 cm³/mol. The van der Waals surface area contributed by atoms with Gasteiger partial charge in [-0.2, -0.15) is 11.8 Å². The monoisotopic (exact) mass is 306 g/mol. The second-order valence-corrected chi connectivity index (χ2v) is 7.18. The molecular formula is C17H26N2OS. The average molecular weight is 306 g/mol. The molecular weight excluding hydrogens is 280 g/mol. The Labute approximate surface area is 132 Å². The van der Waals surface area contributed by atoms with E-state index < -0.39 is 0 Å². The number of morpholine rings is 1. The molecule has 0 aromatic heterocycles. The van der Waals surface area contributed by atoms with Gasteiger partial charge in [0, 0.05) is 37.5 Å². The topological polar surface area (TPSA) is 24.5 Å². The van der Waals surface area contributed by atoms with Crippen LogP contribution in [0.25, 0.3) is 0 Å². The first kappa shape index (κ1) is 15.3. The number of nitrogens with zero attached hydrogens (tertiary/aromatic N) is 1. The van der Waals surface area contributed by atoms with Crippen molar-refractivity contribution in [1.29, 1.82) is 0 Å². The van der Waals surface area contributed by atoms with Crippen LogP contribution in [-0.2, 0) is 11.2 Å². The van der Waals surface area contributed by atoms with Gasteiger partial charge in [0.2, 0.25) is 0 Å². The number of hydrogen-bond donors (Lipinski definition) is 1. The highest BCUT2D eigenvalue weighted by Crippen LogP contribution is 2.18. The van der Waals surface area contributed by atoms with Gasteiger partial charge in [-0.05, 0) is 24.2 Å². The van der Waals surface area contributed by atoms with Crippen LogP contribution < -0.4 is 5.32 Å². The molecule has 0 spiro atoms. The van der Waals surface area contributed by atoms with Crippen molar-refractivity contribution in [2.75, 3.05) is 44.4 Å². The van der Waals surface area contributed by atoms with E-state index in [2.05, 4.69) is 52.3 Å². The van der Waals surface area contributed by atoms with Crippen molar-refractivity contribution in [3.63, 3.8) is 0 Å². The van der Waals surface area contributed by atoms with Gasteiger partial charge in [0.05, 0.1) is 13.2 Å². The van der Waals surface area contributed by atoms with Crippen molar-refractivity contribution in [2.24, 2.45) is 0 Å². The van der Waals surface area contributed by atoms with Crippen LogP contribution in [0.1, 0.15) is 12.0 Å². The molecule has 0 bridgehead atoms. The molecule has 0 amide bonds. The quantitative estimate of drug-likeness (QED) is 0.869. The van der Waals surface area contributed by atoms with E-state index in [0.29, 0.717) is 12.1 Å². The van der Waals surface area contributed by atoms with Crippen molar-refractivity contribution >= 4 is 11.8 Å². The highest BCUT2D eigenvalue weighted by molar-refractivity contribution is 7.99. The second-order valence-electron chi connectivity index (χ2n) is 6.03. The molecule has 0 saturated carbocycles. The minimum atomic E-state index is 0.550. The molecule has 1 N–H and O–H groups in total. The zero-order chi connectivity index (χ0) is 14.3. The summed E-state index contributed by atoms with van der Waals surface area (Å²) in [6.45, 7) is 5.06. The fourth-order valence-corrected chi connectivity index (χ4v) is 4.33. The molecule has 0 radical (unpaired) electrons. The molecule has 1 aromatic rings. The second kappa shape index (κ2) is 8.18. The minimum Gasteiger partial charge on any atom is -0.379 e. The van der Waals surface area contributed by atoms with Crippen molar-refractivity contribution in [3.05, 3.63) is 35.9 Å². The van der Waals surface area contributed by atoms with Crippen LogP contribution >= 0.6 is 11.8 Å². The lowest BCUT2D eigenvalue weighted by Crippen LogP contribution is -2.49. The third-order valence-corrected chi connectivity index (χ3v) is 5.47. The van der Waals surface area contributed by atoms with Gasteiger partial charge in [-0.1, -0.05) is 30.3 Å². The molecule has 2 fully saturated rings. The molecule has 2 atom stereocenters. The molecule has 2 heterocycles. The van der Waals surface area contributed by atoms with Gasteiger partial charge >= 0.3 is 0 Å². The fraction of sp³-hybridized carbons (Fsp3) is 0.647. The summed E-state index contributed by atoms with van der Waals surface area (Å²) in [5, 5.41) is 3.91. The number of nitrogens with one attached hydrogen (secondary N) is 1. The van der Waals surface area contributed by atoms with E-state index in [1.54, 1.807) is 0 Å². The van der Waals surface area contributed by atoms with E-state index in [9.17, 15) is 0 Å². The third-order valence-electron chi connectivity index (χ3n) is 4.31. The Morgan fingerprint density at radius 2 is 2.05 bits per heavy atom. The Hall–Kier alpha value is -0.550. The van der Waals surface area contributed by atoms with E-state index in [4.69, 9.17) is 4.74 Å². The van der Waals surface area contributed by atoms with Crippen LogP contribution in [0.3, 0.4) is 0 Å². The summed E-state index contributed by atoms with van der Waals surface area (Å²) in [4.78, 5) is 2.55. The zero-order valence-corrected chi connectivity index (χ0v) is 13.5. The Kier molecular flexibility index (Phi) is 5.98. The van der Waals surface area contributed by atoms with Gasteiger partial charge in [-0.3, -0.25) is 4.90 Å². The molecule has 2 saturated heterocycles. The molecule has 0 aliphatic carbocycles. The first-order valence-corrected chi connectivity index (χ1v) is 9.23. The standard InChI is InChI=1S/C17H26N2OS/c1-2-4-15(5-3-1)12-17(18-16-6-11-21-14-16)13-19-7-9-20-10-8-19/h1-5,16-18H,6-14H2/t16-,17+/m0/s1. The summed E-state index contributed by atoms with van der Waals surface area (Å²) in [6, 6.07) is 12.1. The summed E-state index contributed by atoms with van der Waals surface area (Å²) >= 11 is 2.08. The van der Waals surface area contributed by atoms with Crippen LogP contribution in [0.2, 0.25) is 0 Å². The summed E-state index contributed by atoms with van der Waals surface area (Å²) < 4.78 is 5.47. The maximum atomic E-state index is 5.47. The van der Waals surface area contributed by atoms with E-state index in [0.717, 1.165) is 39.3 Å². The molecule has 1 aromatic carbocycles. The molecule has 4 heteroatoms. The van der Waals surface area contributed by atoms with Gasteiger partial charge in [-0.15, -0.1) is 0 Å². The molecule has 0 unspecified atom stereocenters. The van der Waals surface area contributed by atoms with Gasteiger partial charge in [0.25, 0.3) is 0 Å². The summed E-state index contributed by atoms with van der Waals surface area (Å²) in [6.07, 6.45) is 2.44. The summed E-state index contributed by atoms with van der Waals surface area (Å²) in [7, 11) is 0. The fourth-order valence-electron chi connectivity index (χ4n) is 3.17. The Morgan fingerprint density at radius 3 is 2.76 bits per heavy atom. The van der Waals surface area contributed by atoms with E-state index in [1.807, 2.05) is 0 Å². The molecule has 3 rings (SSSR count). The van der Waals surface area contributed by atoms with Crippen LogP contribution in [0.15, 0.2) is 30.3 Å². The number of rotatable bonds is 6. The van der Waals surface area contributed by atoms with Crippen molar-refractivity contribution in [2.45, 2.75) is 24.9 Å². The van der Waals surface area contributed by atoms with E-state index >= 15 is 0 Å². The Morgan fingerprint density at radius 1 is 1.24 bits per heavy atom. The predicted octanol–water partition coefficient (Wildman–Crippen LogP) is 2.02. The highest BCUT2D eigenvalue weighted by Gasteiger charge is 2.22. The number of ether oxygens (including phenoxy) is 1. The highest BCUT2D eigenvalue weighted by atomic mass is 32.2. The molecule has 2 aliphatic heterocycles. The van der Waals surface area contributed by atoms with Crippen molar-refractivity contribution in [1.82, 2.24) is 10.2 Å². The summed E-state index contributed by atoms with van der Waals surface area (Å²) in [5.41, 5.74) is 1.44. The van der Waals surface area contributed by atoms with Crippen LogP contribution in [0.4, 0.5) is 0 Å². The Bertz CT molecular complexity index is 403. The molecule has 2 aliphatic rings. The number of thioether (sulfide) groups is 1. The first-order valence-electron chi connectivity index (χ1n) is 8.08. The maximum Gasteiger partial charge on any atom is 0.0594 e. The lowest BCUT2D eigenvalue weighted by molar-refractivity contribution is 0.0331. The Balaban J connectivity index is 1.58. The first-order chi connectivity index (χ1) is 10.4. The smallest absolute Gasteiger partial charge is 0.0594 e. The average Bonchev–Trinajstić information content (AvgIpc) is 3.02. The molecule has 21 heavy (non-hydrogen) atoms. The van der Waals surface area contributed by atoms with Gasteiger partial charge in [-0.25, -0.2) is 0 Å². The minimum absolute atomic E-state index is 0.550. The third kappa shape index (κ3) is 4.99. The number of hydrogen-bond acceptors (Lipinski definition) is 4. The lowest BCUT2D eigenvalue weighted by Gasteiger charge is -2.32. The lowest BCUT2D eigenvalue weighted by atomic mass is 10.0. The SMILES string of the molecule is c1ccc(C[C@H](CN2CCOCC2)N[C@H]2CCSC2)cc1. The van der Waals surface area contributed by atoms with Crippen LogP contribution in [-0.4, -0.2) is 61.3 Å². The van der Waals surface area contributed by atoms with Gasteiger partial charge < -0.3 is 10.1 Å². The van der Waals surface area contributed by atoms with Crippen molar-refractivity contribution < 1.29 is 4.74 Å². The van der Waals surface area contributed by atoms with Crippen LogP contribution in [0.5, 0.6) is 0 Å². The molecule has 3 nitrogen and oxygen atoms in total. The van der Waals surface area contributed by atoms with E-state index in [-0.39, 0.29) is 0 Å². The summed E-state index contributed by atoms with van der Waals surface area (Å²) in [5.74, 6) is 2.58. The normalized spacial score (nSPS) is 25.0.